The zero-order valence-corrected chi connectivity index (χ0v) is 14.7. The van der Waals surface area contributed by atoms with Gasteiger partial charge in [-0.3, -0.25) is 4.90 Å². The van der Waals surface area contributed by atoms with Crippen molar-refractivity contribution < 1.29 is 9.47 Å². The van der Waals surface area contributed by atoms with Crippen molar-refractivity contribution in [1.29, 1.82) is 0 Å². The molecule has 3 atom stereocenters. The molecule has 1 fully saturated rings. The lowest BCUT2D eigenvalue weighted by Crippen LogP contribution is -2.58. The molecule has 22 heavy (non-hydrogen) atoms. The minimum absolute atomic E-state index is 0.307. The number of hydrogen-bond donors (Lipinski definition) is 0. The first kappa shape index (κ1) is 16.2. The normalized spacial score (nSPS) is 28.0. The molecule has 3 nitrogen and oxygen atoms in total. The van der Waals surface area contributed by atoms with Gasteiger partial charge >= 0.3 is 0 Å². The summed E-state index contributed by atoms with van der Waals surface area (Å²) in [6, 6.07) is 6.97. The van der Waals surface area contributed by atoms with E-state index in [4.69, 9.17) is 9.47 Å². The lowest BCUT2D eigenvalue weighted by Gasteiger charge is -2.47. The number of ether oxygens (including phenoxy) is 2. The summed E-state index contributed by atoms with van der Waals surface area (Å²) in [7, 11) is 1.77. The van der Waals surface area contributed by atoms with E-state index in [1.54, 1.807) is 7.11 Å². The van der Waals surface area contributed by atoms with E-state index in [2.05, 4.69) is 36.3 Å². The van der Waals surface area contributed by atoms with Crippen LogP contribution in [0.4, 0.5) is 0 Å². The topological polar surface area (TPSA) is 21.7 Å². The summed E-state index contributed by atoms with van der Waals surface area (Å²) in [5.74, 6) is 2.11. The van der Waals surface area contributed by atoms with Gasteiger partial charge in [0.2, 0.25) is 0 Å². The van der Waals surface area contributed by atoms with Gasteiger partial charge in [-0.15, -0.1) is 0 Å². The summed E-state index contributed by atoms with van der Waals surface area (Å²) in [5, 5.41) is 0. The van der Waals surface area contributed by atoms with E-state index in [1.807, 2.05) is 11.8 Å². The van der Waals surface area contributed by atoms with E-state index in [-0.39, 0.29) is 0 Å². The quantitative estimate of drug-likeness (QED) is 0.831. The number of rotatable bonds is 5. The molecule has 0 aromatic heterocycles. The molecule has 1 aromatic carbocycles. The van der Waals surface area contributed by atoms with Gasteiger partial charge in [0.25, 0.3) is 0 Å². The minimum atomic E-state index is 0.307. The van der Waals surface area contributed by atoms with Crippen LogP contribution >= 0.6 is 11.8 Å². The van der Waals surface area contributed by atoms with E-state index in [1.165, 1.54) is 24.1 Å². The van der Waals surface area contributed by atoms with Gasteiger partial charge in [-0.2, -0.15) is 11.8 Å². The molecule has 2 aliphatic rings. The molecular formula is C18H27NO2S. The van der Waals surface area contributed by atoms with E-state index in [0.717, 1.165) is 30.9 Å². The lowest BCUT2D eigenvalue weighted by molar-refractivity contribution is -0.113. The molecule has 4 heteroatoms. The predicted octanol–water partition coefficient (Wildman–Crippen LogP) is 3.00. The number of methoxy groups -OCH3 is 1. The van der Waals surface area contributed by atoms with Crippen LogP contribution in [0, 0.1) is 0 Å². The van der Waals surface area contributed by atoms with Crippen LogP contribution in [0.3, 0.4) is 0 Å². The van der Waals surface area contributed by atoms with Crippen LogP contribution in [0.1, 0.15) is 24.5 Å². The third-order valence-electron chi connectivity index (χ3n) is 4.85. The van der Waals surface area contributed by atoms with E-state index in [0.29, 0.717) is 18.2 Å². The molecule has 0 amide bonds. The number of fused-ring (bicyclic) bond motifs is 2. The average molecular weight is 321 g/mol. The summed E-state index contributed by atoms with van der Waals surface area (Å²) in [6.45, 7) is 4.53. The van der Waals surface area contributed by atoms with E-state index in [9.17, 15) is 0 Å². The standard InChI is InChI=1S/C18H27NO2S/c1-4-8-19-11-14(12-22-3)21-18-10-15-13(9-16(18)19)6-5-7-17(15)20-2/h5-7,14,16,18H,4,8-12H2,1-3H3/t14?,16-,18-/m1/s1. The highest BCUT2D eigenvalue weighted by Crippen LogP contribution is 2.35. The molecule has 1 aliphatic heterocycles. The zero-order valence-electron chi connectivity index (χ0n) is 13.9. The molecule has 1 unspecified atom stereocenters. The number of thioether (sulfide) groups is 1. The molecule has 0 spiro atoms. The first-order valence-electron chi connectivity index (χ1n) is 8.30. The fourth-order valence-electron chi connectivity index (χ4n) is 3.93. The highest BCUT2D eigenvalue weighted by molar-refractivity contribution is 7.98. The molecular weight excluding hydrogens is 294 g/mol. The van der Waals surface area contributed by atoms with Crippen LogP contribution in [0.25, 0.3) is 0 Å². The van der Waals surface area contributed by atoms with Crippen LogP contribution < -0.4 is 4.74 Å². The maximum atomic E-state index is 6.45. The smallest absolute Gasteiger partial charge is 0.122 e. The summed E-state index contributed by atoms with van der Waals surface area (Å²) in [6.07, 6.45) is 6.11. The number of nitrogens with zero attached hydrogens (tertiary/aromatic N) is 1. The third kappa shape index (κ3) is 3.15. The predicted molar refractivity (Wildman–Crippen MR) is 93.1 cm³/mol. The van der Waals surface area contributed by atoms with Gasteiger partial charge in [0.05, 0.1) is 19.3 Å². The summed E-state index contributed by atoms with van der Waals surface area (Å²) < 4.78 is 12.0. The second kappa shape index (κ2) is 7.24. The lowest BCUT2D eigenvalue weighted by atomic mass is 9.83. The molecule has 1 heterocycles. The summed E-state index contributed by atoms with van der Waals surface area (Å²) >= 11 is 1.88. The van der Waals surface area contributed by atoms with Crippen LogP contribution in [-0.4, -0.2) is 55.4 Å². The van der Waals surface area contributed by atoms with Crippen LogP contribution in [-0.2, 0) is 17.6 Å². The Kier molecular flexibility index (Phi) is 5.32. The Morgan fingerprint density at radius 2 is 2.23 bits per heavy atom. The summed E-state index contributed by atoms with van der Waals surface area (Å²) in [4.78, 5) is 2.66. The highest BCUT2D eigenvalue weighted by Gasteiger charge is 2.40. The van der Waals surface area contributed by atoms with Crippen molar-refractivity contribution in [2.24, 2.45) is 0 Å². The van der Waals surface area contributed by atoms with Gasteiger partial charge in [-0.25, -0.2) is 0 Å². The molecule has 0 bridgehead atoms. The highest BCUT2D eigenvalue weighted by atomic mass is 32.2. The Balaban J connectivity index is 1.85. The minimum Gasteiger partial charge on any atom is -0.496 e. The van der Waals surface area contributed by atoms with Crippen LogP contribution in [0.15, 0.2) is 18.2 Å². The third-order valence-corrected chi connectivity index (χ3v) is 5.56. The van der Waals surface area contributed by atoms with Gasteiger partial charge in [0, 0.05) is 24.8 Å². The molecule has 1 aliphatic carbocycles. The summed E-state index contributed by atoms with van der Waals surface area (Å²) in [5.41, 5.74) is 2.79. The van der Waals surface area contributed by atoms with Gasteiger partial charge in [-0.1, -0.05) is 19.1 Å². The second-order valence-electron chi connectivity index (χ2n) is 6.32. The molecule has 0 saturated carbocycles. The first-order chi connectivity index (χ1) is 10.8. The van der Waals surface area contributed by atoms with Crippen molar-refractivity contribution in [3.8, 4) is 5.75 Å². The fraction of sp³-hybridized carbons (Fsp3) is 0.667. The Morgan fingerprint density at radius 1 is 1.36 bits per heavy atom. The number of benzene rings is 1. The van der Waals surface area contributed by atoms with Gasteiger partial charge in [0.1, 0.15) is 5.75 Å². The Morgan fingerprint density at radius 3 is 2.95 bits per heavy atom. The average Bonchev–Trinajstić information content (AvgIpc) is 2.53. The first-order valence-corrected chi connectivity index (χ1v) is 9.69. The van der Waals surface area contributed by atoms with Gasteiger partial charge < -0.3 is 9.47 Å². The van der Waals surface area contributed by atoms with Gasteiger partial charge in [0.15, 0.2) is 0 Å². The largest absolute Gasteiger partial charge is 0.496 e. The Bertz CT molecular complexity index is 508. The van der Waals surface area contributed by atoms with E-state index < -0.39 is 0 Å². The fourth-order valence-corrected chi connectivity index (χ4v) is 4.49. The SMILES string of the molecule is CCCN1CC(CSC)O[C@@H]2Cc3c(cccc3OC)C[C@H]21. The van der Waals surface area contributed by atoms with Crippen LogP contribution in [0.5, 0.6) is 5.75 Å². The van der Waals surface area contributed by atoms with Crippen molar-refractivity contribution in [2.45, 2.75) is 44.4 Å². The van der Waals surface area contributed by atoms with Crippen molar-refractivity contribution in [2.75, 3.05) is 32.2 Å². The van der Waals surface area contributed by atoms with Crippen molar-refractivity contribution in [1.82, 2.24) is 4.90 Å². The molecule has 0 N–H and O–H groups in total. The molecule has 1 aromatic rings. The second-order valence-corrected chi connectivity index (χ2v) is 7.23. The monoisotopic (exact) mass is 321 g/mol. The maximum Gasteiger partial charge on any atom is 0.122 e. The van der Waals surface area contributed by atoms with Crippen molar-refractivity contribution in [3.63, 3.8) is 0 Å². The number of hydrogen-bond acceptors (Lipinski definition) is 4. The van der Waals surface area contributed by atoms with Crippen molar-refractivity contribution >= 4 is 11.8 Å². The van der Waals surface area contributed by atoms with Crippen LogP contribution in [0.2, 0.25) is 0 Å². The van der Waals surface area contributed by atoms with E-state index >= 15 is 0 Å². The molecule has 0 radical (unpaired) electrons. The van der Waals surface area contributed by atoms with Crippen molar-refractivity contribution in [3.05, 3.63) is 29.3 Å². The maximum absolute atomic E-state index is 6.45. The number of morpholine rings is 1. The molecule has 122 valence electrons. The molecule has 3 rings (SSSR count). The molecule has 1 saturated heterocycles. The zero-order chi connectivity index (χ0) is 15.5. The van der Waals surface area contributed by atoms with Gasteiger partial charge in [-0.05, 0) is 42.8 Å². The Labute approximate surface area is 138 Å². The Hall–Kier alpha value is -0.710.